The molecule has 19 heavy (non-hydrogen) atoms. The van der Waals surface area contributed by atoms with Crippen LogP contribution in [0.1, 0.15) is 32.4 Å². The van der Waals surface area contributed by atoms with Crippen LogP contribution < -0.4 is 10.5 Å². The van der Waals surface area contributed by atoms with Crippen molar-refractivity contribution in [3.05, 3.63) is 28.8 Å². The molecule has 1 aromatic carbocycles. The minimum absolute atomic E-state index is 0.0219. The van der Waals surface area contributed by atoms with Gasteiger partial charge in [-0.25, -0.2) is 0 Å². The Morgan fingerprint density at radius 1 is 1.42 bits per heavy atom. The first-order chi connectivity index (χ1) is 8.82. The van der Waals surface area contributed by atoms with Crippen LogP contribution in [0.3, 0.4) is 0 Å². The molecule has 0 spiro atoms. The highest BCUT2D eigenvalue weighted by molar-refractivity contribution is 6.32. The fraction of sp³-hybridized carbons (Fsp3) is 0.500. The van der Waals surface area contributed by atoms with Crippen molar-refractivity contribution in [2.45, 2.75) is 32.9 Å². The molecule has 0 saturated heterocycles. The van der Waals surface area contributed by atoms with E-state index >= 15 is 0 Å². The van der Waals surface area contributed by atoms with E-state index < -0.39 is 0 Å². The molecule has 0 heterocycles. The van der Waals surface area contributed by atoms with Gasteiger partial charge in [0.2, 0.25) is 0 Å². The maximum absolute atomic E-state index is 11.8. The summed E-state index contributed by atoms with van der Waals surface area (Å²) in [4.78, 5) is 13.4. The predicted molar refractivity (Wildman–Crippen MR) is 77.5 cm³/mol. The first-order valence-electron chi connectivity index (χ1n) is 6.26. The van der Waals surface area contributed by atoms with E-state index in [9.17, 15) is 4.79 Å². The summed E-state index contributed by atoms with van der Waals surface area (Å²) in [5.74, 6) is 0.416. The van der Waals surface area contributed by atoms with Crippen LogP contribution in [0, 0.1) is 0 Å². The Hall–Kier alpha value is -1.26. The van der Waals surface area contributed by atoms with Crippen molar-refractivity contribution in [3.63, 3.8) is 0 Å². The highest BCUT2D eigenvalue weighted by atomic mass is 35.5. The number of nitrogens with two attached hydrogens (primary N) is 1. The molecule has 1 aromatic rings. The SMILES string of the molecule is CC(C)N(C)C(=O)COc1ccc([C@@H](C)N)cc1Cl. The van der Waals surface area contributed by atoms with Crippen LogP contribution in [0.15, 0.2) is 18.2 Å². The molecule has 0 aromatic heterocycles. The number of halogens is 1. The monoisotopic (exact) mass is 284 g/mol. The molecule has 0 saturated carbocycles. The molecule has 0 aliphatic carbocycles. The second-order valence-corrected chi connectivity index (χ2v) is 5.27. The molecule has 0 aliphatic heterocycles. The molecule has 0 radical (unpaired) electrons. The largest absolute Gasteiger partial charge is 0.482 e. The van der Waals surface area contributed by atoms with Gasteiger partial charge in [0, 0.05) is 19.1 Å². The van der Waals surface area contributed by atoms with Crippen LogP contribution in [0.2, 0.25) is 5.02 Å². The first-order valence-corrected chi connectivity index (χ1v) is 6.64. The molecular formula is C14H21ClN2O2. The maximum Gasteiger partial charge on any atom is 0.260 e. The van der Waals surface area contributed by atoms with Gasteiger partial charge in [-0.15, -0.1) is 0 Å². The number of benzene rings is 1. The molecule has 0 unspecified atom stereocenters. The summed E-state index contributed by atoms with van der Waals surface area (Å²) in [6.45, 7) is 5.75. The van der Waals surface area contributed by atoms with E-state index in [4.69, 9.17) is 22.1 Å². The molecule has 106 valence electrons. The summed E-state index contributed by atoms with van der Waals surface area (Å²) in [6.07, 6.45) is 0. The van der Waals surface area contributed by atoms with Crippen molar-refractivity contribution < 1.29 is 9.53 Å². The normalized spacial score (nSPS) is 12.4. The summed E-state index contributed by atoms with van der Waals surface area (Å²) in [6, 6.07) is 5.41. The van der Waals surface area contributed by atoms with Gasteiger partial charge in [0.15, 0.2) is 6.61 Å². The molecule has 2 N–H and O–H groups in total. The third kappa shape index (κ3) is 4.40. The van der Waals surface area contributed by atoms with E-state index in [2.05, 4.69) is 0 Å². The second kappa shape index (κ2) is 6.78. The summed E-state index contributed by atoms with van der Waals surface area (Å²) in [5.41, 5.74) is 6.70. The standard InChI is InChI=1S/C14H21ClN2O2/c1-9(2)17(4)14(18)8-19-13-6-5-11(10(3)16)7-12(13)15/h5-7,9-10H,8,16H2,1-4H3/t10-/m1/s1. The third-order valence-corrected chi connectivity index (χ3v) is 3.30. The smallest absolute Gasteiger partial charge is 0.260 e. The van der Waals surface area contributed by atoms with Crippen molar-refractivity contribution in [2.75, 3.05) is 13.7 Å². The van der Waals surface area contributed by atoms with Crippen LogP contribution in [0.4, 0.5) is 0 Å². The lowest BCUT2D eigenvalue weighted by molar-refractivity contribution is -0.133. The number of ether oxygens (including phenoxy) is 1. The first kappa shape index (κ1) is 15.8. The molecule has 1 amide bonds. The van der Waals surface area contributed by atoms with Gasteiger partial charge in [-0.1, -0.05) is 17.7 Å². The van der Waals surface area contributed by atoms with Gasteiger partial charge < -0.3 is 15.4 Å². The lowest BCUT2D eigenvalue weighted by Crippen LogP contribution is -2.36. The number of likely N-dealkylation sites (N-methyl/N-ethyl adjacent to an activating group) is 1. The molecule has 5 heteroatoms. The lowest BCUT2D eigenvalue weighted by atomic mass is 10.1. The number of rotatable bonds is 5. The molecular weight excluding hydrogens is 264 g/mol. The molecule has 0 fully saturated rings. The summed E-state index contributed by atoms with van der Waals surface area (Å²) >= 11 is 6.09. The van der Waals surface area contributed by atoms with Gasteiger partial charge in [0.1, 0.15) is 5.75 Å². The Kier molecular flexibility index (Phi) is 5.63. The van der Waals surface area contributed by atoms with Gasteiger partial charge in [0.25, 0.3) is 5.91 Å². The zero-order valence-electron chi connectivity index (χ0n) is 11.8. The number of hydrogen-bond donors (Lipinski definition) is 1. The number of carbonyl (C=O) groups excluding carboxylic acids is 1. The Bertz CT molecular complexity index is 447. The molecule has 0 aliphatic rings. The van der Waals surface area contributed by atoms with Gasteiger partial charge in [0.05, 0.1) is 5.02 Å². The lowest BCUT2D eigenvalue weighted by Gasteiger charge is -2.21. The Balaban J connectivity index is 2.66. The van der Waals surface area contributed by atoms with Crippen molar-refractivity contribution >= 4 is 17.5 Å². The average Bonchev–Trinajstić information content (AvgIpc) is 2.35. The second-order valence-electron chi connectivity index (χ2n) is 4.87. The maximum atomic E-state index is 11.8. The van der Waals surface area contributed by atoms with Crippen molar-refractivity contribution in [1.29, 1.82) is 0 Å². The van der Waals surface area contributed by atoms with Crippen LogP contribution in [0.5, 0.6) is 5.75 Å². The van der Waals surface area contributed by atoms with E-state index in [0.717, 1.165) is 5.56 Å². The van der Waals surface area contributed by atoms with E-state index in [0.29, 0.717) is 10.8 Å². The minimum atomic E-state index is -0.0831. The molecule has 4 nitrogen and oxygen atoms in total. The topological polar surface area (TPSA) is 55.6 Å². The highest BCUT2D eigenvalue weighted by Crippen LogP contribution is 2.27. The molecule has 0 bridgehead atoms. The van der Waals surface area contributed by atoms with Gasteiger partial charge in [-0.05, 0) is 38.5 Å². The number of carbonyl (C=O) groups is 1. The molecule has 1 rings (SSSR count). The van der Waals surface area contributed by atoms with Crippen LogP contribution in [-0.4, -0.2) is 30.5 Å². The Morgan fingerprint density at radius 2 is 2.05 bits per heavy atom. The average molecular weight is 285 g/mol. The van der Waals surface area contributed by atoms with Gasteiger partial charge >= 0.3 is 0 Å². The van der Waals surface area contributed by atoms with Crippen molar-refractivity contribution in [3.8, 4) is 5.75 Å². The zero-order valence-corrected chi connectivity index (χ0v) is 12.6. The van der Waals surface area contributed by atoms with Gasteiger partial charge in [-0.3, -0.25) is 4.79 Å². The van der Waals surface area contributed by atoms with E-state index in [-0.39, 0.29) is 24.6 Å². The van der Waals surface area contributed by atoms with Crippen molar-refractivity contribution in [2.24, 2.45) is 5.73 Å². The van der Waals surface area contributed by atoms with E-state index in [1.54, 1.807) is 24.1 Å². The minimum Gasteiger partial charge on any atom is -0.482 e. The van der Waals surface area contributed by atoms with Crippen LogP contribution >= 0.6 is 11.6 Å². The zero-order chi connectivity index (χ0) is 14.6. The van der Waals surface area contributed by atoms with Gasteiger partial charge in [-0.2, -0.15) is 0 Å². The third-order valence-electron chi connectivity index (χ3n) is 3.00. The summed E-state index contributed by atoms with van der Waals surface area (Å²) < 4.78 is 5.44. The van der Waals surface area contributed by atoms with Crippen LogP contribution in [-0.2, 0) is 4.79 Å². The quantitative estimate of drug-likeness (QED) is 0.904. The number of amides is 1. The fourth-order valence-corrected chi connectivity index (χ4v) is 1.69. The van der Waals surface area contributed by atoms with E-state index in [1.165, 1.54) is 0 Å². The van der Waals surface area contributed by atoms with Crippen LogP contribution in [0.25, 0.3) is 0 Å². The Morgan fingerprint density at radius 3 is 2.53 bits per heavy atom. The summed E-state index contributed by atoms with van der Waals surface area (Å²) in [5, 5.41) is 0.467. The van der Waals surface area contributed by atoms with E-state index in [1.807, 2.05) is 26.8 Å². The Labute approximate surface area is 119 Å². The predicted octanol–water partition coefficient (Wildman–Crippen LogP) is 2.61. The fourth-order valence-electron chi connectivity index (χ4n) is 1.45. The molecule has 1 atom stereocenters. The number of nitrogens with zero attached hydrogens (tertiary/aromatic N) is 1. The highest BCUT2D eigenvalue weighted by Gasteiger charge is 2.13. The number of hydrogen-bond acceptors (Lipinski definition) is 3. The van der Waals surface area contributed by atoms with Crippen molar-refractivity contribution in [1.82, 2.24) is 4.90 Å². The summed E-state index contributed by atoms with van der Waals surface area (Å²) in [7, 11) is 1.75.